The standard InChI is InChI=1S/C11H13N3O/c1-11(7-13-8-11)15-6-9-2-3-14-10(4-9)5-12/h2-4,13H,6-8H2,1H3. The summed E-state index contributed by atoms with van der Waals surface area (Å²) in [6.07, 6.45) is 1.64. The zero-order chi connectivity index (χ0) is 10.7. The van der Waals surface area contributed by atoms with Gasteiger partial charge in [0.25, 0.3) is 0 Å². The van der Waals surface area contributed by atoms with Gasteiger partial charge in [0.1, 0.15) is 11.8 Å². The molecule has 2 rings (SSSR count). The van der Waals surface area contributed by atoms with Crippen molar-refractivity contribution in [1.82, 2.24) is 10.3 Å². The second-order valence-electron chi connectivity index (χ2n) is 4.00. The van der Waals surface area contributed by atoms with Crippen molar-refractivity contribution in [2.45, 2.75) is 19.1 Å². The van der Waals surface area contributed by atoms with Crippen LogP contribution in [0.2, 0.25) is 0 Å². The Balaban J connectivity index is 1.96. The Labute approximate surface area is 88.9 Å². The first-order valence-electron chi connectivity index (χ1n) is 4.92. The maximum absolute atomic E-state index is 8.68. The second kappa shape index (κ2) is 3.97. The summed E-state index contributed by atoms with van der Waals surface area (Å²) < 4.78 is 5.75. The number of nitrogens with one attached hydrogen (secondary N) is 1. The molecule has 15 heavy (non-hydrogen) atoms. The Morgan fingerprint density at radius 2 is 2.47 bits per heavy atom. The SMILES string of the molecule is CC1(OCc2ccnc(C#N)c2)CNC1. The highest BCUT2D eigenvalue weighted by atomic mass is 16.5. The van der Waals surface area contributed by atoms with Crippen molar-refractivity contribution in [2.75, 3.05) is 13.1 Å². The van der Waals surface area contributed by atoms with Gasteiger partial charge < -0.3 is 10.1 Å². The van der Waals surface area contributed by atoms with Gasteiger partial charge in [0.2, 0.25) is 0 Å². The van der Waals surface area contributed by atoms with Gasteiger partial charge in [-0.15, -0.1) is 0 Å². The van der Waals surface area contributed by atoms with Gasteiger partial charge in [0.05, 0.1) is 12.2 Å². The van der Waals surface area contributed by atoms with Gasteiger partial charge in [-0.2, -0.15) is 5.26 Å². The molecule has 1 aliphatic rings. The van der Waals surface area contributed by atoms with Crippen molar-refractivity contribution >= 4 is 0 Å². The molecule has 4 nitrogen and oxygen atoms in total. The molecule has 0 amide bonds. The average Bonchev–Trinajstić information content (AvgIpc) is 2.24. The molecule has 0 aromatic carbocycles. The Bertz CT molecular complexity index is 393. The predicted octanol–water partition coefficient (Wildman–Crippen LogP) is 0.832. The molecule has 0 spiro atoms. The van der Waals surface area contributed by atoms with Gasteiger partial charge >= 0.3 is 0 Å². The average molecular weight is 203 g/mol. The lowest BCUT2D eigenvalue weighted by Gasteiger charge is -2.39. The van der Waals surface area contributed by atoms with Gasteiger partial charge in [-0.05, 0) is 24.6 Å². The molecule has 0 aliphatic carbocycles. The van der Waals surface area contributed by atoms with Crippen LogP contribution in [0.5, 0.6) is 0 Å². The summed E-state index contributed by atoms with van der Waals surface area (Å²) in [5, 5.41) is 11.9. The molecule has 0 radical (unpaired) electrons. The van der Waals surface area contributed by atoms with E-state index in [2.05, 4.69) is 17.2 Å². The molecule has 4 heteroatoms. The van der Waals surface area contributed by atoms with E-state index >= 15 is 0 Å². The van der Waals surface area contributed by atoms with Crippen molar-refractivity contribution in [3.8, 4) is 6.07 Å². The normalized spacial score (nSPS) is 17.9. The highest BCUT2D eigenvalue weighted by molar-refractivity contribution is 5.24. The smallest absolute Gasteiger partial charge is 0.140 e. The fraction of sp³-hybridized carbons (Fsp3) is 0.455. The third kappa shape index (κ3) is 2.32. The largest absolute Gasteiger partial charge is 0.368 e. The van der Waals surface area contributed by atoms with Crippen molar-refractivity contribution in [3.05, 3.63) is 29.6 Å². The van der Waals surface area contributed by atoms with Gasteiger partial charge in [0.15, 0.2) is 0 Å². The summed E-state index contributed by atoms with van der Waals surface area (Å²) >= 11 is 0. The Hall–Kier alpha value is -1.44. The fourth-order valence-electron chi connectivity index (χ4n) is 1.46. The molecule has 1 aromatic heterocycles. The molecule has 1 N–H and O–H groups in total. The third-order valence-corrected chi connectivity index (χ3v) is 2.52. The summed E-state index contributed by atoms with van der Waals surface area (Å²) in [6, 6.07) is 5.64. The molecule has 1 aromatic rings. The quantitative estimate of drug-likeness (QED) is 0.790. The first kappa shape index (κ1) is 10.1. The molecule has 0 saturated carbocycles. The van der Waals surface area contributed by atoms with Gasteiger partial charge in [-0.3, -0.25) is 0 Å². The van der Waals surface area contributed by atoms with E-state index in [0.717, 1.165) is 18.7 Å². The number of ether oxygens (including phenoxy) is 1. The molecular formula is C11H13N3O. The Morgan fingerprint density at radius 3 is 3.07 bits per heavy atom. The number of rotatable bonds is 3. The van der Waals surface area contributed by atoms with Crippen LogP contribution in [0.1, 0.15) is 18.2 Å². The van der Waals surface area contributed by atoms with Crippen LogP contribution in [0, 0.1) is 11.3 Å². The van der Waals surface area contributed by atoms with Crippen molar-refractivity contribution in [2.24, 2.45) is 0 Å². The molecule has 2 heterocycles. The molecule has 0 unspecified atom stereocenters. The first-order valence-corrected chi connectivity index (χ1v) is 4.92. The summed E-state index contributed by atoms with van der Waals surface area (Å²) in [6.45, 7) is 4.40. The molecule has 1 saturated heterocycles. The van der Waals surface area contributed by atoms with Crippen LogP contribution in [0.4, 0.5) is 0 Å². The maximum atomic E-state index is 8.68. The van der Waals surface area contributed by atoms with Crippen LogP contribution in [0.25, 0.3) is 0 Å². The van der Waals surface area contributed by atoms with Gasteiger partial charge in [-0.1, -0.05) is 0 Å². The van der Waals surface area contributed by atoms with E-state index in [1.807, 2.05) is 12.1 Å². The van der Waals surface area contributed by atoms with Crippen molar-refractivity contribution in [1.29, 1.82) is 5.26 Å². The van der Waals surface area contributed by atoms with E-state index in [4.69, 9.17) is 10.00 Å². The van der Waals surface area contributed by atoms with E-state index in [1.165, 1.54) is 0 Å². The van der Waals surface area contributed by atoms with Crippen LogP contribution in [0.15, 0.2) is 18.3 Å². The molecule has 1 fully saturated rings. The highest BCUT2D eigenvalue weighted by Gasteiger charge is 2.32. The second-order valence-corrected chi connectivity index (χ2v) is 4.00. The highest BCUT2D eigenvalue weighted by Crippen LogP contribution is 2.17. The zero-order valence-corrected chi connectivity index (χ0v) is 8.66. The molecule has 78 valence electrons. The molecule has 1 aliphatic heterocycles. The first-order chi connectivity index (χ1) is 7.22. The number of hydrogen-bond acceptors (Lipinski definition) is 4. The Morgan fingerprint density at radius 1 is 1.67 bits per heavy atom. The predicted molar refractivity (Wildman–Crippen MR) is 55.0 cm³/mol. The summed E-state index contributed by atoms with van der Waals surface area (Å²) in [7, 11) is 0. The van der Waals surface area contributed by atoms with Crippen LogP contribution in [0.3, 0.4) is 0 Å². The van der Waals surface area contributed by atoms with Crippen LogP contribution in [-0.2, 0) is 11.3 Å². The lowest BCUT2D eigenvalue weighted by atomic mass is 10.00. The lowest BCUT2D eigenvalue weighted by Crippen LogP contribution is -2.58. The van der Waals surface area contributed by atoms with E-state index in [9.17, 15) is 0 Å². The number of aromatic nitrogens is 1. The minimum atomic E-state index is -0.0456. The summed E-state index contributed by atoms with van der Waals surface area (Å²) in [5.74, 6) is 0. The van der Waals surface area contributed by atoms with Crippen LogP contribution < -0.4 is 5.32 Å². The van der Waals surface area contributed by atoms with Crippen LogP contribution >= 0.6 is 0 Å². The third-order valence-electron chi connectivity index (χ3n) is 2.52. The van der Waals surface area contributed by atoms with Crippen LogP contribution in [-0.4, -0.2) is 23.7 Å². The van der Waals surface area contributed by atoms with E-state index in [1.54, 1.807) is 12.3 Å². The lowest BCUT2D eigenvalue weighted by molar-refractivity contribution is -0.0767. The van der Waals surface area contributed by atoms with Gasteiger partial charge in [0, 0.05) is 19.3 Å². The van der Waals surface area contributed by atoms with E-state index in [-0.39, 0.29) is 5.60 Å². The minimum Gasteiger partial charge on any atom is -0.368 e. The molecular weight excluding hydrogens is 190 g/mol. The fourth-order valence-corrected chi connectivity index (χ4v) is 1.46. The molecule has 0 bridgehead atoms. The number of nitriles is 1. The maximum Gasteiger partial charge on any atom is 0.140 e. The summed E-state index contributed by atoms with van der Waals surface area (Å²) in [4.78, 5) is 3.91. The van der Waals surface area contributed by atoms with Crippen molar-refractivity contribution in [3.63, 3.8) is 0 Å². The van der Waals surface area contributed by atoms with E-state index in [0.29, 0.717) is 12.3 Å². The van der Waals surface area contributed by atoms with E-state index < -0.39 is 0 Å². The number of nitrogens with zero attached hydrogens (tertiary/aromatic N) is 2. The number of pyridine rings is 1. The molecule has 0 atom stereocenters. The zero-order valence-electron chi connectivity index (χ0n) is 8.66. The minimum absolute atomic E-state index is 0.0456. The summed E-state index contributed by atoms with van der Waals surface area (Å²) in [5.41, 5.74) is 1.39. The number of hydrogen-bond donors (Lipinski definition) is 1. The topological polar surface area (TPSA) is 57.9 Å². The Kier molecular flexibility index (Phi) is 2.67. The van der Waals surface area contributed by atoms with Crippen molar-refractivity contribution < 1.29 is 4.74 Å². The van der Waals surface area contributed by atoms with Gasteiger partial charge in [-0.25, -0.2) is 4.98 Å². The monoisotopic (exact) mass is 203 g/mol.